The van der Waals surface area contributed by atoms with Gasteiger partial charge in [0.05, 0.1) is 5.69 Å². The number of rotatable bonds is 5. The van der Waals surface area contributed by atoms with E-state index in [4.69, 9.17) is 0 Å². The Hall–Kier alpha value is -3.14. The summed E-state index contributed by atoms with van der Waals surface area (Å²) in [6.45, 7) is 7.89. The highest BCUT2D eigenvalue weighted by molar-refractivity contribution is 5.89. The first-order valence-electron chi connectivity index (χ1n) is 9.18. The zero-order valence-electron chi connectivity index (χ0n) is 16.3. The molecule has 27 heavy (non-hydrogen) atoms. The zero-order valence-corrected chi connectivity index (χ0v) is 16.3. The fraction of sp³-hybridized carbons (Fsp3) is 0.217. The molecule has 0 saturated heterocycles. The third kappa shape index (κ3) is 4.34. The Bertz CT molecular complexity index is 964. The molecule has 2 aromatic carbocycles. The van der Waals surface area contributed by atoms with Gasteiger partial charge in [-0.15, -0.1) is 0 Å². The molecule has 0 atom stereocenters. The van der Waals surface area contributed by atoms with Crippen LogP contribution in [-0.2, 0) is 11.2 Å². The lowest BCUT2D eigenvalue weighted by molar-refractivity contribution is -0.114. The Morgan fingerprint density at radius 2 is 1.74 bits per heavy atom. The van der Waals surface area contributed by atoms with Crippen molar-refractivity contribution in [3.8, 4) is 5.69 Å². The van der Waals surface area contributed by atoms with Crippen LogP contribution in [0, 0.1) is 13.8 Å². The maximum atomic E-state index is 11.1. The number of hydrogen-bond donors (Lipinski definition) is 1. The largest absolute Gasteiger partial charge is 0.326 e. The first-order valence-corrected chi connectivity index (χ1v) is 9.18. The number of nitrogens with zero attached hydrogens (tertiary/aromatic N) is 2. The van der Waals surface area contributed by atoms with Crippen LogP contribution < -0.4 is 5.32 Å². The molecule has 0 saturated carbocycles. The molecule has 3 rings (SSSR count). The quantitative estimate of drug-likeness (QED) is 0.612. The second kappa shape index (κ2) is 8.04. The minimum absolute atomic E-state index is 0.0781. The Kier molecular flexibility index (Phi) is 5.55. The fourth-order valence-electron chi connectivity index (χ4n) is 3.17. The van der Waals surface area contributed by atoms with Crippen molar-refractivity contribution >= 4 is 23.5 Å². The lowest BCUT2D eigenvalue weighted by Gasteiger charge is -2.10. The van der Waals surface area contributed by atoms with Crippen LogP contribution in [0.1, 0.15) is 36.4 Å². The van der Waals surface area contributed by atoms with E-state index in [1.165, 1.54) is 23.9 Å². The molecule has 0 aliphatic rings. The number of anilines is 1. The highest BCUT2D eigenvalue weighted by Gasteiger charge is 2.09. The molecule has 1 amide bonds. The van der Waals surface area contributed by atoms with Gasteiger partial charge in [0.2, 0.25) is 5.91 Å². The summed E-state index contributed by atoms with van der Waals surface area (Å²) in [6, 6.07) is 18.3. The predicted molar refractivity (Wildman–Crippen MR) is 113 cm³/mol. The molecule has 0 bridgehead atoms. The van der Waals surface area contributed by atoms with Crippen molar-refractivity contribution in [2.45, 2.75) is 34.1 Å². The minimum Gasteiger partial charge on any atom is -0.326 e. The molecule has 0 aliphatic heterocycles. The summed E-state index contributed by atoms with van der Waals surface area (Å²) in [5.41, 5.74) is 7.57. The van der Waals surface area contributed by atoms with Crippen LogP contribution in [-0.4, -0.2) is 16.7 Å². The van der Waals surface area contributed by atoms with E-state index in [9.17, 15) is 4.79 Å². The molecular weight excluding hydrogens is 334 g/mol. The van der Waals surface area contributed by atoms with Gasteiger partial charge in [0.15, 0.2) is 0 Å². The summed E-state index contributed by atoms with van der Waals surface area (Å²) in [5.74, 6) is -0.0781. The molecular formula is C23H25N3O. The number of hydrogen-bond acceptors (Lipinski definition) is 2. The molecule has 138 valence electrons. The van der Waals surface area contributed by atoms with Gasteiger partial charge < -0.3 is 9.88 Å². The van der Waals surface area contributed by atoms with Gasteiger partial charge in [-0.2, -0.15) is 0 Å². The molecule has 0 spiro atoms. The van der Waals surface area contributed by atoms with Crippen LogP contribution in [0.3, 0.4) is 0 Å². The smallest absolute Gasteiger partial charge is 0.221 e. The normalized spacial score (nSPS) is 11.1. The van der Waals surface area contributed by atoms with Crippen LogP contribution in [0.25, 0.3) is 5.69 Å². The van der Waals surface area contributed by atoms with Crippen molar-refractivity contribution in [1.82, 2.24) is 4.57 Å². The predicted octanol–water partition coefficient (Wildman–Crippen LogP) is 5.37. The number of aromatic nitrogens is 1. The number of aryl methyl sites for hydroxylation is 2. The second-order valence-electron chi connectivity index (χ2n) is 6.67. The first-order chi connectivity index (χ1) is 13.0. The van der Waals surface area contributed by atoms with Gasteiger partial charge in [-0.3, -0.25) is 9.79 Å². The van der Waals surface area contributed by atoms with E-state index in [2.05, 4.69) is 66.0 Å². The van der Waals surface area contributed by atoms with Crippen molar-refractivity contribution in [2.24, 2.45) is 4.99 Å². The summed E-state index contributed by atoms with van der Waals surface area (Å²) in [7, 11) is 0. The molecule has 0 radical (unpaired) electrons. The van der Waals surface area contributed by atoms with Crippen LogP contribution in [0.4, 0.5) is 11.4 Å². The van der Waals surface area contributed by atoms with Crippen LogP contribution in [0.5, 0.6) is 0 Å². The van der Waals surface area contributed by atoms with Crippen molar-refractivity contribution < 1.29 is 4.79 Å². The fourth-order valence-corrected chi connectivity index (χ4v) is 3.17. The number of amides is 1. The van der Waals surface area contributed by atoms with E-state index < -0.39 is 0 Å². The van der Waals surface area contributed by atoms with E-state index in [1.807, 2.05) is 30.5 Å². The maximum absolute atomic E-state index is 11.1. The van der Waals surface area contributed by atoms with Crippen molar-refractivity contribution in [1.29, 1.82) is 0 Å². The van der Waals surface area contributed by atoms with E-state index in [0.717, 1.165) is 29.1 Å². The molecule has 0 fully saturated rings. The maximum Gasteiger partial charge on any atom is 0.221 e. The lowest BCUT2D eigenvalue weighted by Crippen LogP contribution is -2.04. The number of benzene rings is 2. The van der Waals surface area contributed by atoms with Gasteiger partial charge >= 0.3 is 0 Å². The number of aliphatic imine (C=N–C) groups is 1. The summed E-state index contributed by atoms with van der Waals surface area (Å²) in [5, 5.41) is 2.76. The van der Waals surface area contributed by atoms with Crippen LogP contribution in [0.2, 0.25) is 0 Å². The lowest BCUT2D eigenvalue weighted by atomic mass is 10.1. The molecule has 4 heteroatoms. The van der Waals surface area contributed by atoms with Crippen molar-refractivity contribution in [2.75, 3.05) is 5.32 Å². The summed E-state index contributed by atoms with van der Waals surface area (Å²) in [6.07, 6.45) is 2.94. The van der Waals surface area contributed by atoms with Crippen LogP contribution >= 0.6 is 0 Å². The third-order valence-corrected chi connectivity index (χ3v) is 4.61. The van der Waals surface area contributed by atoms with Crippen molar-refractivity contribution in [3.05, 3.63) is 77.1 Å². The van der Waals surface area contributed by atoms with E-state index >= 15 is 0 Å². The van der Waals surface area contributed by atoms with Gasteiger partial charge in [-0.25, -0.2) is 0 Å². The number of carbonyl (C=O) groups is 1. The van der Waals surface area contributed by atoms with Crippen LogP contribution in [0.15, 0.2) is 59.6 Å². The monoisotopic (exact) mass is 359 g/mol. The average molecular weight is 359 g/mol. The van der Waals surface area contributed by atoms with Gasteiger partial charge in [0.1, 0.15) is 0 Å². The van der Waals surface area contributed by atoms with Gasteiger partial charge in [-0.05, 0) is 68.3 Å². The van der Waals surface area contributed by atoms with Gasteiger partial charge in [-0.1, -0.05) is 19.1 Å². The van der Waals surface area contributed by atoms with E-state index in [1.54, 1.807) is 0 Å². The Balaban J connectivity index is 1.83. The summed E-state index contributed by atoms with van der Waals surface area (Å²) in [4.78, 5) is 15.7. The molecule has 4 nitrogen and oxygen atoms in total. The molecule has 1 heterocycles. The highest BCUT2D eigenvalue weighted by atomic mass is 16.1. The standard InChI is InChI=1S/C23H25N3O/c1-5-19-6-12-23(13-7-19)26-16(2)14-20(17(26)3)15-24-21-8-10-22(11-9-21)25-18(4)27/h6-15H,5H2,1-4H3,(H,25,27). The summed E-state index contributed by atoms with van der Waals surface area (Å²) < 4.78 is 2.25. The highest BCUT2D eigenvalue weighted by Crippen LogP contribution is 2.22. The average Bonchev–Trinajstić information content (AvgIpc) is 2.94. The van der Waals surface area contributed by atoms with Gasteiger partial charge in [0, 0.05) is 41.5 Å². The molecule has 0 aliphatic carbocycles. The molecule has 1 N–H and O–H groups in total. The minimum atomic E-state index is -0.0781. The number of carbonyl (C=O) groups excluding carboxylic acids is 1. The van der Waals surface area contributed by atoms with E-state index in [0.29, 0.717) is 0 Å². The molecule has 3 aromatic rings. The summed E-state index contributed by atoms with van der Waals surface area (Å²) >= 11 is 0. The molecule has 0 unspecified atom stereocenters. The van der Waals surface area contributed by atoms with Gasteiger partial charge in [0.25, 0.3) is 0 Å². The zero-order chi connectivity index (χ0) is 19.4. The SMILES string of the molecule is CCc1ccc(-n2c(C)cc(C=Nc3ccc(NC(C)=O)cc3)c2C)cc1. The third-order valence-electron chi connectivity index (χ3n) is 4.61. The Morgan fingerprint density at radius 3 is 2.33 bits per heavy atom. The second-order valence-corrected chi connectivity index (χ2v) is 6.67. The molecule has 1 aromatic heterocycles. The Morgan fingerprint density at radius 1 is 1.07 bits per heavy atom. The number of nitrogens with one attached hydrogen (secondary N) is 1. The Labute approximate surface area is 160 Å². The first kappa shape index (κ1) is 18.6. The van der Waals surface area contributed by atoms with E-state index in [-0.39, 0.29) is 5.91 Å². The van der Waals surface area contributed by atoms with Crippen molar-refractivity contribution in [3.63, 3.8) is 0 Å². The topological polar surface area (TPSA) is 46.4 Å².